The van der Waals surface area contributed by atoms with E-state index in [4.69, 9.17) is 10.00 Å². The first-order valence-corrected chi connectivity index (χ1v) is 9.34. The van der Waals surface area contributed by atoms with Gasteiger partial charge in [0, 0.05) is 43.1 Å². The number of carbonyl (C=O) groups excluding carboxylic acids is 1. The molecule has 0 saturated carbocycles. The van der Waals surface area contributed by atoms with Crippen LogP contribution in [0.15, 0.2) is 42.9 Å². The molecule has 1 aliphatic heterocycles. The molecule has 7 nitrogen and oxygen atoms in total. The molecule has 1 saturated heterocycles. The van der Waals surface area contributed by atoms with Crippen molar-refractivity contribution in [3.63, 3.8) is 0 Å². The van der Waals surface area contributed by atoms with Crippen LogP contribution in [0.5, 0.6) is 5.88 Å². The van der Waals surface area contributed by atoms with Crippen LogP contribution in [0, 0.1) is 11.3 Å². The van der Waals surface area contributed by atoms with Gasteiger partial charge >= 0.3 is 0 Å². The average Bonchev–Trinajstić information content (AvgIpc) is 3.04. The van der Waals surface area contributed by atoms with Crippen molar-refractivity contribution in [1.29, 1.82) is 5.26 Å². The Bertz CT molecular complexity index is 1050. The molecule has 1 amide bonds. The summed E-state index contributed by atoms with van der Waals surface area (Å²) < 4.78 is 7.94. The van der Waals surface area contributed by atoms with Gasteiger partial charge in [0.05, 0.1) is 13.0 Å². The number of piperidine rings is 1. The fourth-order valence-electron chi connectivity index (χ4n) is 3.75. The van der Waals surface area contributed by atoms with Gasteiger partial charge in [0.2, 0.25) is 11.6 Å². The molecule has 0 N–H and O–H groups in total. The second kappa shape index (κ2) is 7.69. The van der Waals surface area contributed by atoms with Gasteiger partial charge in [-0.3, -0.25) is 4.79 Å². The fourth-order valence-corrected chi connectivity index (χ4v) is 3.75. The number of para-hydroxylation sites is 1. The maximum Gasteiger partial charge on any atom is 0.251 e. The van der Waals surface area contributed by atoms with E-state index in [9.17, 15) is 4.79 Å². The van der Waals surface area contributed by atoms with Crippen LogP contribution in [0.3, 0.4) is 0 Å². The lowest BCUT2D eigenvalue weighted by molar-refractivity contribution is -0.133. The van der Waals surface area contributed by atoms with E-state index in [1.165, 1.54) is 12.4 Å². The minimum atomic E-state index is -0.186. The molecule has 3 aromatic rings. The number of nitrogens with zero attached hydrogens (tertiary/aromatic N) is 5. The van der Waals surface area contributed by atoms with Crippen LogP contribution in [0.25, 0.3) is 10.9 Å². The Hall–Kier alpha value is -3.40. The van der Waals surface area contributed by atoms with E-state index in [1.807, 2.05) is 36.3 Å². The number of hydrogen-bond donors (Lipinski definition) is 0. The molecule has 3 heterocycles. The molecule has 1 fully saturated rings. The maximum absolute atomic E-state index is 12.9. The lowest BCUT2D eigenvalue weighted by Gasteiger charge is -2.32. The Balaban J connectivity index is 1.45. The lowest BCUT2D eigenvalue weighted by atomic mass is 10.1. The predicted molar refractivity (Wildman–Crippen MR) is 104 cm³/mol. The summed E-state index contributed by atoms with van der Waals surface area (Å²) in [5.41, 5.74) is 2.32. The normalized spacial score (nSPS) is 16.7. The monoisotopic (exact) mass is 375 g/mol. The van der Waals surface area contributed by atoms with Gasteiger partial charge in [0.25, 0.3) is 5.88 Å². The summed E-state index contributed by atoms with van der Waals surface area (Å²) in [6.45, 7) is 1.21. The summed E-state index contributed by atoms with van der Waals surface area (Å²) in [6.07, 6.45) is 6.85. The number of ether oxygens (including phenoxy) is 1. The summed E-state index contributed by atoms with van der Waals surface area (Å²) in [4.78, 5) is 22.8. The van der Waals surface area contributed by atoms with Crippen LogP contribution in [0.1, 0.15) is 24.1 Å². The fraction of sp³-hybridized carbons (Fsp3) is 0.333. The quantitative estimate of drug-likeness (QED) is 0.699. The van der Waals surface area contributed by atoms with Gasteiger partial charge < -0.3 is 14.2 Å². The van der Waals surface area contributed by atoms with Crippen molar-refractivity contribution in [3.05, 3.63) is 54.1 Å². The zero-order valence-corrected chi connectivity index (χ0v) is 15.7. The van der Waals surface area contributed by atoms with E-state index < -0.39 is 0 Å². The molecule has 1 aromatic carbocycles. The molecule has 4 rings (SSSR count). The number of nitriles is 1. The largest absolute Gasteiger partial charge is 0.470 e. The average molecular weight is 375 g/mol. The molecule has 0 aliphatic carbocycles. The molecule has 1 aliphatic rings. The molecule has 0 spiro atoms. The van der Waals surface area contributed by atoms with Crippen molar-refractivity contribution in [2.24, 2.45) is 7.05 Å². The van der Waals surface area contributed by atoms with E-state index >= 15 is 0 Å². The van der Waals surface area contributed by atoms with Crippen molar-refractivity contribution < 1.29 is 9.53 Å². The van der Waals surface area contributed by atoms with Crippen molar-refractivity contribution in [2.75, 3.05) is 13.1 Å². The van der Waals surface area contributed by atoms with Crippen molar-refractivity contribution in [2.45, 2.75) is 25.4 Å². The van der Waals surface area contributed by atoms with E-state index in [2.05, 4.69) is 26.7 Å². The highest BCUT2D eigenvalue weighted by molar-refractivity contribution is 5.89. The number of aromatic nitrogens is 3. The van der Waals surface area contributed by atoms with Crippen LogP contribution < -0.4 is 4.74 Å². The summed E-state index contributed by atoms with van der Waals surface area (Å²) in [5.74, 6) is 0.322. The van der Waals surface area contributed by atoms with Gasteiger partial charge in [-0.25, -0.2) is 9.97 Å². The van der Waals surface area contributed by atoms with Crippen LogP contribution in [0.4, 0.5) is 0 Å². The van der Waals surface area contributed by atoms with E-state index in [0.717, 1.165) is 35.9 Å². The van der Waals surface area contributed by atoms with Gasteiger partial charge in [-0.05, 0) is 24.5 Å². The predicted octanol–water partition coefficient (Wildman–Crippen LogP) is 2.45. The third kappa shape index (κ3) is 3.54. The number of hydrogen-bond acceptors (Lipinski definition) is 5. The number of fused-ring (bicyclic) bond motifs is 1. The Morgan fingerprint density at radius 3 is 3.00 bits per heavy atom. The maximum atomic E-state index is 12.9. The Labute approximate surface area is 163 Å². The Morgan fingerprint density at radius 1 is 1.32 bits per heavy atom. The third-order valence-electron chi connectivity index (χ3n) is 5.10. The van der Waals surface area contributed by atoms with E-state index in [0.29, 0.717) is 13.0 Å². The minimum Gasteiger partial charge on any atom is -0.470 e. The standard InChI is InChI=1S/C21H21N5O2/c1-25-13-15(17-6-2-3-7-19(17)25)11-20(27)26-10-4-5-16(14-26)28-21-18(12-22)23-8-9-24-21/h2-3,6-9,13,16H,4-5,10-11,14H2,1H3. The molecule has 1 unspecified atom stereocenters. The second-order valence-electron chi connectivity index (χ2n) is 7.00. The van der Waals surface area contributed by atoms with Crippen LogP contribution >= 0.6 is 0 Å². The zero-order chi connectivity index (χ0) is 19.5. The molecule has 0 radical (unpaired) electrons. The summed E-state index contributed by atoms with van der Waals surface area (Å²) in [7, 11) is 1.99. The SMILES string of the molecule is Cn1cc(CC(=O)N2CCCC(Oc3nccnc3C#N)C2)c2ccccc21. The Morgan fingerprint density at radius 2 is 2.14 bits per heavy atom. The third-order valence-corrected chi connectivity index (χ3v) is 5.10. The van der Waals surface area contributed by atoms with Crippen molar-refractivity contribution in [3.8, 4) is 11.9 Å². The number of benzene rings is 1. The second-order valence-corrected chi connectivity index (χ2v) is 7.00. The summed E-state index contributed by atoms with van der Waals surface area (Å²) >= 11 is 0. The number of likely N-dealkylation sites (tertiary alicyclic amines) is 1. The topological polar surface area (TPSA) is 84.0 Å². The highest BCUT2D eigenvalue weighted by Gasteiger charge is 2.26. The summed E-state index contributed by atoms with van der Waals surface area (Å²) in [6, 6.07) is 10.1. The van der Waals surface area contributed by atoms with Crippen molar-refractivity contribution in [1.82, 2.24) is 19.4 Å². The van der Waals surface area contributed by atoms with Gasteiger partial charge in [0.15, 0.2) is 0 Å². The minimum absolute atomic E-state index is 0.0873. The molecule has 0 bridgehead atoms. The molecule has 1 atom stereocenters. The first kappa shape index (κ1) is 18.0. The highest BCUT2D eigenvalue weighted by atomic mass is 16.5. The van der Waals surface area contributed by atoms with Gasteiger partial charge in [-0.15, -0.1) is 0 Å². The molecular weight excluding hydrogens is 354 g/mol. The number of carbonyl (C=O) groups is 1. The lowest BCUT2D eigenvalue weighted by Crippen LogP contribution is -2.45. The summed E-state index contributed by atoms with van der Waals surface area (Å²) in [5, 5.41) is 10.3. The van der Waals surface area contributed by atoms with E-state index in [-0.39, 0.29) is 23.6 Å². The zero-order valence-electron chi connectivity index (χ0n) is 15.7. The van der Waals surface area contributed by atoms with Crippen molar-refractivity contribution >= 4 is 16.8 Å². The van der Waals surface area contributed by atoms with Crippen LogP contribution in [0.2, 0.25) is 0 Å². The van der Waals surface area contributed by atoms with Gasteiger partial charge in [-0.2, -0.15) is 5.26 Å². The molecule has 142 valence electrons. The smallest absolute Gasteiger partial charge is 0.251 e. The molecular formula is C21H21N5O2. The molecule has 28 heavy (non-hydrogen) atoms. The molecule has 7 heteroatoms. The van der Waals surface area contributed by atoms with Crippen LogP contribution in [-0.4, -0.2) is 44.5 Å². The Kier molecular flexibility index (Phi) is 4.94. The number of rotatable bonds is 4. The van der Waals surface area contributed by atoms with Gasteiger partial charge in [-0.1, -0.05) is 18.2 Å². The van der Waals surface area contributed by atoms with Gasteiger partial charge in [0.1, 0.15) is 12.2 Å². The number of aryl methyl sites for hydroxylation is 1. The van der Waals surface area contributed by atoms with E-state index in [1.54, 1.807) is 0 Å². The first-order valence-electron chi connectivity index (χ1n) is 9.34. The highest BCUT2D eigenvalue weighted by Crippen LogP contribution is 2.23. The molecule has 2 aromatic heterocycles. The first-order chi connectivity index (χ1) is 13.7. The van der Waals surface area contributed by atoms with Crippen LogP contribution in [-0.2, 0) is 18.3 Å². The number of amides is 1.